The molecule has 1 heterocycles. The maximum Gasteiger partial charge on any atom is 0.185 e. The standard InChI is InChI=1S/C8H6NOS2/c10-7(5-11)6-12-8-1-3-9-4-2-8/h1-4H,6H2. The molecule has 1 aromatic heterocycles. The quantitative estimate of drug-likeness (QED) is 0.540. The number of carbonyl (C=O) groups is 1. The minimum Gasteiger partial charge on any atom is -0.292 e. The lowest BCUT2D eigenvalue weighted by atomic mass is 10.5. The van der Waals surface area contributed by atoms with Crippen LogP contribution < -0.4 is 0 Å². The Morgan fingerprint density at radius 3 is 2.83 bits per heavy atom. The number of Topliss-reactive ketones (excluding diaryl/α,β-unsaturated/α-hetero) is 1. The summed E-state index contributed by atoms with van der Waals surface area (Å²) in [5.74, 6) is 0.208. The Balaban J connectivity index is 2.43. The van der Waals surface area contributed by atoms with E-state index in [1.807, 2.05) is 12.1 Å². The molecule has 1 radical (unpaired) electrons. The second-order valence-corrected chi connectivity index (χ2v) is 3.25. The fourth-order valence-corrected chi connectivity index (χ4v) is 1.46. The summed E-state index contributed by atoms with van der Waals surface area (Å²) in [7, 11) is 0. The molecule has 1 rings (SSSR count). The highest BCUT2D eigenvalue weighted by Gasteiger charge is 1.98. The zero-order valence-corrected chi connectivity index (χ0v) is 7.82. The molecule has 12 heavy (non-hydrogen) atoms. The number of hydrogen-bond acceptors (Lipinski definition) is 4. The first-order valence-electron chi connectivity index (χ1n) is 3.27. The van der Waals surface area contributed by atoms with Crippen molar-refractivity contribution < 1.29 is 4.79 Å². The molecule has 0 N–H and O–H groups in total. The van der Waals surface area contributed by atoms with Crippen molar-refractivity contribution in [1.82, 2.24) is 4.98 Å². The van der Waals surface area contributed by atoms with E-state index in [-0.39, 0.29) is 5.78 Å². The predicted octanol–water partition coefficient (Wildman–Crippen LogP) is 1.62. The molecule has 0 saturated carbocycles. The van der Waals surface area contributed by atoms with Gasteiger partial charge >= 0.3 is 0 Å². The van der Waals surface area contributed by atoms with Crippen LogP contribution in [0, 0.1) is 0 Å². The molecule has 0 aliphatic rings. The van der Waals surface area contributed by atoms with Crippen LogP contribution in [0.15, 0.2) is 29.4 Å². The van der Waals surface area contributed by atoms with E-state index in [0.29, 0.717) is 5.75 Å². The van der Waals surface area contributed by atoms with Crippen molar-refractivity contribution in [2.45, 2.75) is 4.90 Å². The summed E-state index contributed by atoms with van der Waals surface area (Å²) >= 11 is 5.80. The molecule has 0 saturated heterocycles. The van der Waals surface area contributed by atoms with Crippen LogP contribution in [0.25, 0.3) is 0 Å². The third kappa shape index (κ3) is 3.11. The van der Waals surface area contributed by atoms with Gasteiger partial charge in [0.25, 0.3) is 0 Å². The highest BCUT2D eigenvalue weighted by molar-refractivity contribution is 8.00. The second-order valence-electron chi connectivity index (χ2n) is 2.00. The molecule has 4 heteroatoms. The topological polar surface area (TPSA) is 30.0 Å². The number of ketones is 1. The Labute approximate surface area is 80.4 Å². The highest BCUT2D eigenvalue weighted by atomic mass is 32.2. The molecule has 0 aromatic carbocycles. The van der Waals surface area contributed by atoms with E-state index in [2.05, 4.69) is 22.6 Å². The molecule has 1 aromatic rings. The summed E-state index contributed by atoms with van der Waals surface area (Å²) in [6, 6.07) is 3.70. The normalized spacial score (nSPS) is 9.33. The summed E-state index contributed by atoms with van der Waals surface area (Å²) in [6.45, 7) is 0. The van der Waals surface area contributed by atoms with Crippen molar-refractivity contribution in [3.63, 3.8) is 0 Å². The summed E-state index contributed by atoms with van der Waals surface area (Å²) < 4.78 is 0. The van der Waals surface area contributed by atoms with Gasteiger partial charge in [-0.05, 0) is 12.1 Å². The Morgan fingerprint density at radius 1 is 1.58 bits per heavy atom. The summed E-state index contributed by atoms with van der Waals surface area (Å²) in [5.41, 5.74) is 0. The smallest absolute Gasteiger partial charge is 0.185 e. The third-order valence-corrected chi connectivity index (χ3v) is 2.37. The van der Waals surface area contributed by atoms with Gasteiger partial charge in [-0.15, -0.1) is 11.8 Å². The Bertz CT molecular complexity index is 274. The van der Waals surface area contributed by atoms with E-state index in [0.717, 1.165) is 4.90 Å². The summed E-state index contributed by atoms with van der Waals surface area (Å²) in [4.78, 5) is 15.6. The molecule has 0 spiro atoms. The van der Waals surface area contributed by atoms with Crippen molar-refractivity contribution in [3.05, 3.63) is 24.5 Å². The van der Waals surface area contributed by atoms with Gasteiger partial charge in [-0.25, -0.2) is 0 Å². The van der Waals surface area contributed by atoms with Gasteiger partial charge in [0.1, 0.15) is 5.37 Å². The van der Waals surface area contributed by atoms with Crippen LogP contribution in [-0.4, -0.2) is 21.9 Å². The third-order valence-electron chi connectivity index (χ3n) is 1.13. The van der Waals surface area contributed by atoms with Crippen LogP contribution in [0.4, 0.5) is 0 Å². The highest BCUT2D eigenvalue weighted by Crippen LogP contribution is 2.15. The van der Waals surface area contributed by atoms with Crippen LogP contribution in [0.2, 0.25) is 0 Å². The SMILES string of the molecule is O=C([C]=S)CSc1ccncc1. The lowest BCUT2D eigenvalue weighted by Crippen LogP contribution is -1.99. The fraction of sp³-hybridized carbons (Fsp3) is 0.125. The number of thiocarbonyl (C=S) groups is 1. The van der Waals surface area contributed by atoms with Gasteiger partial charge in [0.2, 0.25) is 0 Å². The number of pyridine rings is 1. The first-order chi connectivity index (χ1) is 5.83. The molecule has 0 aliphatic carbocycles. The average molecular weight is 196 g/mol. The van der Waals surface area contributed by atoms with Crippen LogP contribution in [0.5, 0.6) is 0 Å². The molecule has 0 aliphatic heterocycles. The first kappa shape index (κ1) is 9.35. The number of nitrogens with zero attached hydrogens (tertiary/aromatic N) is 1. The molecule has 0 fully saturated rings. The fourth-order valence-electron chi connectivity index (χ4n) is 0.613. The second kappa shape index (κ2) is 5.00. The Hall–Kier alpha value is -0.740. The molecule has 2 nitrogen and oxygen atoms in total. The monoisotopic (exact) mass is 196 g/mol. The lowest BCUT2D eigenvalue weighted by Gasteiger charge is -1.95. The number of carbonyl (C=O) groups excluding carboxylic acids is 1. The number of thioether (sulfide) groups is 1. The van der Waals surface area contributed by atoms with Crippen LogP contribution >= 0.6 is 24.0 Å². The molecule has 0 amide bonds. The van der Waals surface area contributed by atoms with Gasteiger partial charge < -0.3 is 0 Å². The molecule has 61 valence electrons. The zero-order chi connectivity index (χ0) is 8.81. The maximum absolute atomic E-state index is 10.7. The van der Waals surface area contributed by atoms with Crippen LogP contribution in [0.3, 0.4) is 0 Å². The molecular weight excluding hydrogens is 190 g/mol. The minimum absolute atomic E-state index is 0.146. The van der Waals surface area contributed by atoms with E-state index in [1.54, 1.807) is 12.4 Å². The number of hydrogen-bond donors (Lipinski definition) is 0. The van der Waals surface area contributed by atoms with E-state index < -0.39 is 0 Å². The predicted molar refractivity (Wildman–Crippen MR) is 52.6 cm³/mol. The average Bonchev–Trinajstić information content (AvgIpc) is 2.16. The summed E-state index contributed by atoms with van der Waals surface area (Å²) in [6.07, 6.45) is 3.38. The van der Waals surface area contributed by atoms with Crippen molar-refractivity contribution in [2.24, 2.45) is 0 Å². The molecule has 0 unspecified atom stereocenters. The van der Waals surface area contributed by atoms with E-state index in [4.69, 9.17) is 0 Å². The minimum atomic E-state index is -0.146. The van der Waals surface area contributed by atoms with Gasteiger partial charge in [0, 0.05) is 17.3 Å². The molecule has 0 atom stereocenters. The van der Waals surface area contributed by atoms with Gasteiger partial charge in [-0.1, -0.05) is 12.2 Å². The largest absolute Gasteiger partial charge is 0.292 e. The van der Waals surface area contributed by atoms with Crippen molar-refractivity contribution >= 4 is 35.1 Å². The van der Waals surface area contributed by atoms with E-state index >= 15 is 0 Å². The van der Waals surface area contributed by atoms with Gasteiger partial charge in [-0.3, -0.25) is 9.78 Å². The van der Waals surface area contributed by atoms with Crippen LogP contribution in [0.1, 0.15) is 0 Å². The van der Waals surface area contributed by atoms with Crippen molar-refractivity contribution in [1.29, 1.82) is 0 Å². The van der Waals surface area contributed by atoms with Crippen molar-refractivity contribution in [2.75, 3.05) is 5.75 Å². The Morgan fingerprint density at radius 2 is 2.25 bits per heavy atom. The van der Waals surface area contributed by atoms with Gasteiger partial charge in [0.05, 0.1) is 5.75 Å². The van der Waals surface area contributed by atoms with Crippen LogP contribution in [-0.2, 0) is 4.79 Å². The van der Waals surface area contributed by atoms with Gasteiger partial charge in [-0.2, -0.15) is 0 Å². The lowest BCUT2D eigenvalue weighted by molar-refractivity contribution is -0.110. The summed E-state index contributed by atoms with van der Waals surface area (Å²) in [5, 5.41) is 2.14. The number of rotatable bonds is 4. The maximum atomic E-state index is 10.7. The van der Waals surface area contributed by atoms with Gasteiger partial charge in [0.15, 0.2) is 5.78 Å². The van der Waals surface area contributed by atoms with Crippen molar-refractivity contribution in [3.8, 4) is 0 Å². The zero-order valence-electron chi connectivity index (χ0n) is 6.19. The van der Waals surface area contributed by atoms with E-state index in [9.17, 15) is 4.79 Å². The molecule has 0 bridgehead atoms. The Kier molecular flexibility index (Phi) is 3.90. The number of aromatic nitrogens is 1. The molecular formula is C8H6NOS2. The first-order valence-corrected chi connectivity index (χ1v) is 4.66. The van der Waals surface area contributed by atoms with E-state index in [1.165, 1.54) is 11.8 Å².